The summed E-state index contributed by atoms with van der Waals surface area (Å²) in [4.78, 5) is 2.68. The lowest BCUT2D eigenvalue weighted by atomic mass is 9.44. The molecule has 3 nitrogen and oxygen atoms in total. The van der Waals surface area contributed by atoms with Gasteiger partial charge in [0.25, 0.3) is 0 Å². The predicted molar refractivity (Wildman–Crippen MR) is 275 cm³/mol. The molecule has 8 aromatic carbocycles. The Balaban J connectivity index is 1.13. The fraction of sp³-hybridized carbons (Fsp3) is 0.186. The minimum absolute atomic E-state index is 0.0317. The van der Waals surface area contributed by atoms with E-state index in [0.717, 1.165) is 21.9 Å². The Morgan fingerprint density at radius 2 is 1.23 bits per heavy atom. The molecule has 0 atom stereocenters. The monoisotopic (exact) mass is 842 g/mol. The normalized spacial score (nSPS) is 14.9. The van der Waals surface area contributed by atoms with Gasteiger partial charge in [-0.3, -0.25) is 0 Å². The molecule has 3 aromatic heterocycles. The van der Waals surface area contributed by atoms with E-state index in [4.69, 9.17) is 4.42 Å². The van der Waals surface area contributed by atoms with Crippen LogP contribution < -0.4 is 15.7 Å². The second-order valence-corrected chi connectivity index (χ2v) is 22.4. The number of hydrogen-bond donors (Lipinski definition) is 0. The highest BCUT2D eigenvalue weighted by molar-refractivity contribution is 7.25. The molecular formula is C59H47BN2OS. The molecule has 0 spiro atoms. The van der Waals surface area contributed by atoms with E-state index in [0.29, 0.717) is 0 Å². The molecule has 0 N–H and O–H groups in total. The van der Waals surface area contributed by atoms with Crippen molar-refractivity contribution in [3.8, 4) is 27.9 Å². The van der Waals surface area contributed by atoms with Gasteiger partial charge in [-0.2, -0.15) is 0 Å². The van der Waals surface area contributed by atoms with Crippen LogP contribution in [0.25, 0.3) is 91.9 Å². The Kier molecular flexibility index (Phi) is 6.89. The van der Waals surface area contributed by atoms with E-state index in [1.807, 2.05) is 11.3 Å². The number of fused-ring (bicyclic) bond motifs is 17. The molecule has 1 aliphatic carbocycles. The lowest BCUT2D eigenvalue weighted by Gasteiger charge is -2.42. The molecule has 11 aromatic rings. The van der Waals surface area contributed by atoms with Crippen molar-refractivity contribution in [2.75, 3.05) is 4.81 Å². The fourth-order valence-electron chi connectivity index (χ4n) is 11.9. The molecule has 308 valence electrons. The van der Waals surface area contributed by atoms with E-state index in [2.05, 4.69) is 204 Å². The van der Waals surface area contributed by atoms with Crippen LogP contribution in [0.3, 0.4) is 0 Å². The molecular weight excluding hydrogens is 796 g/mol. The van der Waals surface area contributed by atoms with Crippen LogP contribution in [-0.4, -0.2) is 11.4 Å². The van der Waals surface area contributed by atoms with Crippen LogP contribution in [0.5, 0.6) is 0 Å². The predicted octanol–water partition coefficient (Wildman–Crippen LogP) is 15.2. The summed E-state index contributed by atoms with van der Waals surface area (Å²) in [6.45, 7) is 18.6. The Labute approximate surface area is 377 Å². The highest BCUT2D eigenvalue weighted by atomic mass is 32.1. The fourth-order valence-corrected chi connectivity index (χ4v) is 13.0. The first kappa shape index (κ1) is 36.9. The molecule has 0 radical (unpaired) electrons. The van der Waals surface area contributed by atoms with Crippen molar-refractivity contribution in [3.05, 3.63) is 162 Å². The number of nitrogens with zero attached hydrogens (tertiary/aromatic N) is 2. The third kappa shape index (κ3) is 4.68. The molecule has 2 aliphatic heterocycles. The van der Waals surface area contributed by atoms with Crippen molar-refractivity contribution in [2.24, 2.45) is 0 Å². The maximum absolute atomic E-state index is 6.78. The Morgan fingerprint density at radius 3 is 2.03 bits per heavy atom. The number of furan rings is 1. The zero-order valence-corrected chi connectivity index (χ0v) is 38.4. The second kappa shape index (κ2) is 12.0. The molecule has 0 unspecified atom stereocenters. The summed E-state index contributed by atoms with van der Waals surface area (Å²) in [5.74, 6) is 0. The Hall–Kier alpha value is -6.56. The van der Waals surface area contributed by atoms with E-state index in [-0.39, 0.29) is 23.1 Å². The number of hydrogen-bond acceptors (Lipinski definition) is 3. The van der Waals surface area contributed by atoms with Crippen LogP contribution in [-0.2, 0) is 16.2 Å². The SMILES string of the molecule is CC(C)(C)c1ccc(N2B3c4cc5oc6ccccc6c5cc4-n4c5cc6sc7ccccc7c6cc5c5ccc(c3c54)-c3cc4c(cc32)C(C)(C)c2cc(C(C)(C)C)ccc2-4)cc1. The molecule has 64 heavy (non-hydrogen) atoms. The summed E-state index contributed by atoms with van der Waals surface area (Å²) in [5, 5.41) is 7.55. The molecule has 0 amide bonds. The van der Waals surface area contributed by atoms with Crippen molar-refractivity contribution in [1.29, 1.82) is 0 Å². The zero-order chi connectivity index (χ0) is 43.3. The van der Waals surface area contributed by atoms with Crippen LogP contribution in [0.1, 0.15) is 77.6 Å². The summed E-state index contributed by atoms with van der Waals surface area (Å²) in [7, 11) is 0. The van der Waals surface area contributed by atoms with Gasteiger partial charge in [-0.05, 0) is 121 Å². The first-order valence-electron chi connectivity index (χ1n) is 22.9. The highest BCUT2D eigenvalue weighted by Crippen LogP contribution is 2.55. The summed E-state index contributed by atoms with van der Waals surface area (Å²) in [6.07, 6.45) is 0. The van der Waals surface area contributed by atoms with Crippen molar-refractivity contribution < 1.29 is 4.42 Å². The molecule has 5 heteroatoms. The summed E-state index contributed by atoms with van der Waals surface area (Å²) in [5.41, 5.74) is 21.4. The van der Waals surface area contributed by atoms with Crippen molar-refractivity contribution in [3.63, 3.8) is 0 Å². The summed E-state index contributed by atoms with van der Waals surface area (Å²) >= 11 is 1.90. The maximum atomic E-state index is 6.78. The van der Waals surface area contributed by atoms with Gasteiger partial charge in [0.15, 0.2) is 0 Å². The third-order valence-electron chi connectivity index (χ3n) is 15.3. The van der Waals surface area contributed by atoms with Gasteiger partial charge in [0, 0.05) is 69.8 Å². The number of aromatic nitrogens is 1. The van der Waals surface area contributed by atoms with Gasteiger partial charge in [-0.25, -0.2) is 0 Å². The van der Waals surface area contributed by atoms with Crippen LogP contribution in [0.4, 0.5) is 11.4 Å². The average molecular weight is 843 g/mol. The van der Waals surface area contributed by atoms with Gasteiger partial charge in [-0.1, -0.05) is 134 Å². The lowest BCUT2D eigenvalue weighted by Crippen LogP contribution is -2.60. The Bertz CT molecular complexity index is 3900. The molecule has 5 heterocycles. The van der Waals surface area contributed by atoms with E-state index in [9.17, 15) is 0 Å². The molecule has 3 aliphatic rings. The van der Waals surface area contributed by atoms with Crippen molar-refractivity contribution in [1.82, 2.24) is 4.57 Å². The van der Waals surface area contributed by atoms with Crippen LogP contribution >= 0.6 is 11.3 Å². The van der Waals surface area contributed by atoms with Crippen molar-refractivity contribution >= 4 is 104 Å². The van der Waals surface area contributed by atoms with E-state index in [1.165, 1.54) is 114 Å². The Morgan fingerprint density at radius 1 is 0.516 bits per heavy atom. The number of para-hydroxylation sites is 1. The van der Waals surface area contributed by atoms with Gasteiger partial charge in [0.05, 0.1) is 11.0 Å². The van der Waals surface area contributed by atoms with Gasteiger partial charge in [0.1, 0.15) is 11.2 Å². The van der Waals surface area contributed by atoms with Gasteiger partial charge >= 0.3 is 6.85 Å². The minimum Gasteiger partial charge on any atom is -0.456 e. The topological polar surface area (TPSA) is 21.3 Å². The van der Waals surface area contributed by atoms with Crippen molar-refractivity contribution in [2.45, 2.75) is 71.6 Å². The molecule has 0 saturated carbocycles. The molecule has 0 fully saturated rings. The molecule has 14 rings (SSSR count). The van der Waals surface area contributed by atoms with Crippen LogP contribution in [0.15, 0.2) is 144 Å². The largest absolute Gasteiger partial charge is 0.456 e. The minimum atomic E-state index is -0.179. The first-order valence-corrected chi connectivity index (χ1v) is 23.7. The summed E-state index contributed by atoms with van der Waals surface area (Å²) in [6, 6.07) is 53.9. The van der Waals surface area contributed by atoms with E-state index in [1.54, 1.807) is 0 Å². The standard InChI is InChI=1S/C59H47BN2OS/c1-57(2,3)32-17-20-34(21-18-32)62-49-29-46-40(35-22-19-33(58(4,5)6)25-45(35)59(46,7)8)26-41(49)38-23-24-39-42-27-44-37-14-10-12-16-53(37)64-54(44)31-48(42)61-50-28-43-36-13-9-11-15-51(36)63-52(43)30-47(50)60(62)55(38)56(39)61/h9-31H,1-8H3. The van der Waals surface area contributed by atoms with E-state index >= 15 is 0 Å². The summed E-state index contributed by atoms with van der Waals surface area (Å²) < 4.78 is 12.0. The number of rotatable bonds is 1. The second-order valence-electron chi connectivity index (χ2n) is 21.3. The lowest BCUT2D eigenvalue weighted by molar-refractivity contribution is 0.584. The number of anilines is 2. The quantitative estimate of drug-likeness (QED) is 0.154. The molecule has 0 saturated heterocycles. The number of thiophene rings is 1. The zero-order valence-electron chi connectivity index (χ0n) is 37.6. The van der Waals surface area contributed by atoms with Gasteiger partial charge < -0.3 is 13.8 Å². The third-order valence-corrected chi connectivity index (χ3v) is 16.4. The van der Waals surface area contributed by atoms with Gasteiger partial charge in [0.2, 0.25) is 0 Å². The molecule has 0 bridgehead atoms. The van der Waals surface area contributed by atoms with E-state index < -0.39 is 0 Å². The smallest absolute Gasteiger partial charge is 0.333 e. The van der Waals surface area contributed by atoms with Crippen LogP contribution in [0.2, 0.25) is 0 Å². The van der Waals surface area contributed by atoms with Crippen LogP contribution in [0, 0.1) is 0 Å². The van der Waals surface area contributed by atoms with Gasteiger partial charge in [-0.15, -0.1) is 11.3 Å². The average Bonchev–Trinajstić information content (AvgIpc) is 3.99. The highest BCUT2D eigenvalue weighted by Gasteiger charge is 2.46. The first-order chi connectivity index (χ1) is 30.7. The number of benzene rings is 8. The maximum Gasteiger partial charge on any atom is 0.333 e.